The summed E-state index contributed by atoms with van der Waals surface area (Å²) in [5, 5.41) is 0.986. The fourth-order valence-electron chi connectivity index (χ4n) is 5.08. The Balaban J connectivity index is 1.41. The summed E-state index contributed by atoms with van der Waals surface area (Å²) in [4.78, 5) is 15.5. The summed E-state index contributed by atoms with van der Waals surface area (Å²) in [5.74, 6) is -0.173. The third kappa shape index (κ3) is 2.65. The second kappa shape index (κ2) is 6.39. The summed E-state index contributed by atoms with van der Waals surface area (Å²) in [6.07, 6.45) is 7.42. The third-order valence-corrected chi connectivity index (χ3v) is 6.59. The molecule has 26 heavy (non-hydrogen) atoms. The van der Waals surface area contributed by atoms with Crippen LogP contribution in [0, 0.1) is 0 Å². The molecule has 3 saturated heterocycles. The molecule has 3 aliphatic heterocycles. The first-order valence-corrected chi connectivity index (χ1v) is 9.81. The van der Waals surface area contributed by atoms with Gasteiger partial charge in [-0.25, -0.2) is 4.79 Å². The molecule has 4 atom stereocenters. The van der Waals surface area contributed by atoms with Crippen LogP contribution in [0.3, 0.4) is 0 Å². The second-order valence-electron chi connectivity index (χ2n) is 8.03. The first-order valence-electron chi connectivity index (χ1n) is 9.81. The van der Waals surface area contributed by atoms with Crippen LogP contribution in [0.4, 0.5) is 0 Å². The van der Waals surface area contributed by atoms with E-state index in [0.717, 1.165) is 36.8 Å². The molecule has 1 aromatic carbocycles. The Bertz CT molecular complexity index is 810. The Morgan fingerprint density at radius 2 is 1.88 bits per heavy atom. The lowest BCUT2D eigenvalue weighted by Gasteiger charge is -2.35. The van der Waals surface area contributed by atoms with Crippen molar-refractivity contribution in [1.82, 2.24) is 9.47 Å². The molecule has 0 spiro atoms. The van der Waals surface area contributed by atoms with E-state index in [9.17, 15) is 4.79 Å². The van der Waals surface area contributed by atoms with Crippen LogP contribution in [0.2, 0.25) is 0 Å². The molecule has 2 bridgehead atoms. The molecular weight excluding hydrogens is 328 g/mol. The Hall–Kier alpha value is -1.85. The van der Waals surface area contributed by atoms with Crippen LogP contribution in [0.5, 0.6) is 0 Å². The van der Waals surface area contributed by atoms with Gasteiger partial charge in [-0.1, -0.05) is 18.2 Å². The zero-order valence-electron chi connectivity index (χ0n) is 15.3. The van der Waals surface area contributed by atoms with E-state index in [1.54, 1.807) is 0 Å². The maximum Gasteiger partial charge on any atom is 0.340 e. The molecule has 3 aliphatic rings. The van der Waals surface area contributed by atoms with Gasteiger partial charge in [-0.2, -0.15) is 0 Å². The zero-order valence-corrected chi connectivity index (χ0v) is 15.3. The molecule has 0 radical (unpaired) electrons. The van der Waals surface area contributed by atoms with Gasteiger partial charge < -0.3 is 18.9 Å². The van der Waals surface area contributed by atoms with Gasteiger partial charge in [0.15, 0.2) is 0 Å². The minimum atomic E-state index is -0.173. The van der Waals surface area contributed by atoms with E-state index >= 15 is 0 Å². The molecule has 138 valence electrons. The number of rotatable bonds is 3. The Kier molecular flexibility index (Phi) is 4.02. The van der Waals surface area contributed by atoms with E-state index < -0.39 is 0 Å². The first-order chi connectivity index (χ1) is 12.7. The summed E-state index contributed by atoms with van der Waals surface area (Å²) in [7, 11) is 2.21. The molecule has 5 heteroatoms. The van der Waals surface area contributed by atoms with Gasteiger partial charge >= 0.3 is 5.97 Å². The highest BCUT2D eigenvalue weighted by atomic mass is 16.5. The van der Waals surface area contributed by atoms with Crippen molar-refractivity contribution in [3.05, 3.63) is 36.0 Å². The number of fused-ring (bicyclic) bond motifs is 3. The second-order valence-corrected chi connectivity index (χ2v) is 8.03. The topological polar surface area (TPSA) is 43.7 Å². The molecule has 5 rings (SSSR count). The van der Waals surface area contributed by atoms with Crippen LogP contribution in [0.25, 0.3) is 10.9 Å². The van der Waals surface area contributed by atoms with Gasteiger partial charge in [0.25, 0.3) is 0 Å². The van der Waals surface area contributed by atoms with E-state index in [0.29, 0.717) is 30.3 Å². The van der Waals surface area contributed by atoms with Crippen LogP contribution in [0.1, 0.15) is 48.5 Å². The van der Waals surface area contributed by atoms with E-state index in [1.807, 2.05) is 24.4 Å². The number of aromatic nitrogens is 1. The van der Waals surface area contributed by atoms with Crippen molar-refractivity contribution in [2.75, 3.05) is 20.3 Å². The van der Waals surface area contributed by atoms with Crippen molar-refractivity contribution in [2.24, 2.45) is 0 Å². The van der Waals surface area contributed by atoms with Crippen LogP contribution < -0.4 is 0 Å². The number of ether oxygens (including phenoxy) is 2. The lowest BCUT2D eigenvalue weighted by molar-refractivity contribution is -0.000291. The predicted molar refractivity (Wildman–Crippen MR) is 99.4 cm³/mol. The molecule has 0 amide bonds. The van der Waals surface area contributed by atoms with Crippen molar-refractivity contribution in [3.8, 4) is 0 Å². The van der Waals surface area contributed by atoms with Gasteiger partial charge in [-0.15, -0.1) is 0 Å². The van der Waals surface area contributed by atoms with E-state index in [4.69, 9.17) is 9.47 Å². The smallest absolute Gasteiger partial charge is 0.340 e. The summed E-state index contributed by atoms with van der Waals surface area (Å²) < 4.78 is 13.7. The van der Waals surface area contributed by atoms with Gasteiger partial charge in [-0.3, -0.25) is 0 Å². The minimum absolute atomic E-state index is 0.0492. The Morgan fingerprint density at radius 1 is 1.12 bits per heavy atom. The first kappa shape index (κ1) is 16.3. The lowest BCUT2D eigenvalue weighted by atomic mass is 10.0. The standard InChI is InChI=1S/C21H26N2O3/c1-22-14-6-7-15(22)11-17(10-14)26-21(24)19-12-23(16-8-9-25-13-16)20-5-3-2-4-18(19)20/h2-5,12,14-17H,6-11,13H2,1H3/t14-,15+,16?,17?. The average Bonchev–Trinajstić information content (AvgIpc) is 3.33. The van der Waals surface area contributed by atoms with Crippen LogP contribution >= 0.6 is 0 Å². The number of carbonyl (C=O) groups excluding carboxylic acids is 1. The summed E-state index contributed by atoms with van der Waals surface area (Å²) in [6, 6.07) is 9.58. The molecule has 4 heterocycles. The lowest BCUT2D eigenvalue weighted by Crippen LogP contribution is -2.43. The number of piperidine rings is 1. The number of hydrogen-bond donors (Lipinski definition) is 0. The highest BCUT2D eigenvalue weighted by Gasteiger charge is 2.40. The molecule has 2 aromatic rings. The highest BCUT2D eigenvalue weighted by Crippen LogP contribution is 2.36. The fraction of sp³-hybridized carbons (Fsp3) is 0.571. The number of benzene rings is 1. The van der Waals surface area contributed by atoms with Crippen molar-refractivity contribution in [1.29, 1.82) is 0 Å². The van der Waals surface area contributed by atoms with Crippen molar-refractivity contribution in [2.45, 2.75) is 56.3 Å². The summed E-state index contributed by atoms with van der Waals surface area (Å²) in [5.41, 5.74) is 1.79. The van der Waals surface area contributed by atoms with Gasteiger partial charge in [0.1, 0.15) is 6.10 Å². The van der Waals surface area contributed by atoms with E-state index in [2.05, 4.69) is 22.6 Å². The van der Waals surface area contributed by atoms with E-state index in [1.165, 1.54) is 12.8 Å². The molecule has 1 aromatic heterocycles. The van der Waals surface area contributed by atoms with Crippen LogP contribution in [-0.4, -0.2) is 53.9 Å². The maximum absolute atomic E-state index is 13.0. The zero-order chi connectivity index (χ0) is 17.7. The number of para-hydroxylation sites is 1. The fourth-order valence-corrected chi connectivity index (χ4v) is 5.08. The van der Waals surface area contributed by atoms with Gasteiger partial charge in [-0.05, 0) is 32.4 Å². The Labute approximate surface area is 153 Å². The highest BCUT2D eigenvalue weighted by molar-refractivity contribution is 6.04. The minimum Gasteiger partial charge on any atom is -0.459 e. The predicted octanol–water partition coefficient (Wildman–Crippen LogP) is 3.38. The van der Waals surface area contributed by atoms with Crippen molar-refractivity contribution in [3.63, 3.8) is 0 Å². The average molecular weight is 354 g/mol. The number of carbonyl (C=O) groups is 1. The SMILES string of the molecule is CN1[C@@H]2CC[C@H]1CC(OC(=O)c1cn(C3CCOC3)c3ccccc13)C2. The van der Waals surface area contributed by atoms with E-state index in [-0.39, 0.29) is 12.1 Å². The number of esters is 1. The normalized spacial score (nSPS) is 31.6. The quantitative estimate of drug-likeness (QED) is 0.793. The number of nitrogens with zero attached hydrogens (tertiary/aromatic N) is 2. The van der Waals surface area contributed by atoms with Crippen LogP contribution in [0.15, 0.2) is 30.5 Å². The molecule has 0 N–H and O–H groups in total. The van der Waals surface area contributed by atoms with Crippen LogP contribution in [-0.2, 0) is 9.47 Å². The molecule has 3 fully saturated rings. The van der Waals surface area contributed by atoms with Crippen molar-refractivity contribution < 1.29 is 14.3 Å². The van der Waals surface area contributed by atoms with Gasteiger partial charge in [0, 0.05) is 48.6 Å². The summed E-state index contributed by atoms with van der Waals surface area (Å²) >= 11 is 0. The largest absolute Gasteiger partial charge is 0.459 e. The third-order valence-electron chi connectivity index (χ3n) is 6.59. The molecule has 0 aliphatic carbocycles. The van der Waals surface area contributed by atoms with Gasteiger partial charge in [0.05, 0.1) is 18.2 Å². The molecular formula is C21H26N2O3. The number of hydrogen-bond acceptors (Lipinski definition) is 4. The molecule has 5 nitrogen and oxygen atoms in total. The summed E-state index contributed by atoms with van der Waals surface area (Å²) in [6.45, 7) is 1.50. The molecule has 0 saturated carbocycles. The monoisotopic (exact) mass is 354 g/mol. The molecule has 2 unspecified atom stereocenters. The Morgan fingerprint density at radius 3 is 2.62 bits per heavy atom. The van der Waals surface area contributed by atoms with Gasteiger partial charge in [0.2, 0.25) is 0 Å². The van der Waals surface area contributed by atoms with Crippen molar-refractivity contribution >= 4 is 16.9 Å². The maximum atomic E-state index is 13.0.